The number of carbonyl (C=O) groups excluding carboxylic acids is 1. The van der Waals surface area contributed by atoms with Gasteiger partial charge in [-0.2, -0.15) is 0 Å². The van der Waals surface area contributed by atoms with Crippen LogP contribution in [0.25, 0.3) is 21.5 Å². The molecule has 1 aliphatic rings. The van der Waals surface area contributed by atoms with Crippen molar-refractivity contribution in [3.05, 3.63) is 63.3 Å². The van der Waals surface area contributed by atoms with Crippen LogP contribution in [0.3, 0.4) is 0 Å². The van der Waals surface area contributed by atoms with E-state index in [0.29, 0.717) is 64.1 Å². The van der Waals surface area contributed by atoms with Gasteiger partial charge in [0.15, 0.2) is 5.13 Å². The fourth-order valence-corrected chi connectivity index (χ4v) is 5.72. The van der Waals surface area contributed by atoms with Crippen molar-refractivity contribution in [2.45, 2.75) is 13.8 Å². The van der Waals surface area contributed by atoms with Crippen LogP contribution in [-0.4, -0.2) is 60.3 Å². The lowest BCUT2D eigenvalue weighted by Gasteiger charge is -2.29. The third kappa shape index (κ3) is 5.25. The highest BCUT2D eigenvalue weighted by atomic mass is 35.5. The Morgan fingerprint density at radius 3 is 2.58 bits per heavy atom. The van der Waals surface area contributed by atoms with Crippen molar-refractivity contribution in [1.82, 2.24) is 15.0 Å². The summed E-state index contributed by atoms with van der Waals surface area (Å²) in [7, 11) is 0. The lowest BCUT2D eigenvalue weighted by atomic mass is 10.1. The molecule has 0 N–H and O–H groups in total. The van der Waals surface area contributed by atoms with E-state index >= 15 is 0 Å². The summed E-state index contributed by atoms with van der Waals surface area (Å²) in [6, 6.07) is 11.1. The van der Waals surface area contributed by atoms with E-state index in [1.165, 1.54) is 11.3 Å². The molecule has 5 rings (SSSR count). The number of nitrogens with zero attached hydrogens (tertiary/aromatic N) is 4. The van der Waals surface area contributed by atoms with Crippen molar-refractivity contribution in [2.75, 3.05) is 44.3 Å². The molecule has 36 heavy (non-hydrogen) atoms. The Bertz CT molecular complexity index is 1350. The van der Waals surface area contributed by atoms with Crippen LogP contribution >= 0.6 is 46.9 Å². The number of ether oxygens (including phenoxy) is 1. The lowest BCUT2D eigenvalue weighted by molar-refractivity contribution is 0.0391. The number of benzene rings is 2. The molecular formula is C25H25Cl3N4O3S. The van der Waals surface area contributed by atoms with Gasteiger partial charge in [0.25, 0.3) is 5.91 Å². The second kappa shape index (κ2) is 11.5. The van der Waals surface area contributed by atoms with Gasteiger partial charge in [0, 0.05) is 31.7 Å². The van der Waals surface area contributed by atoms with E-state index in [1.54, 1.807) is 17.9 Å². The van der Waals surface area contributed by atoms with Crippen LogP contribution in [0.4, 0.5) is 5.13 Å². The summed E-state index contributed by atoms with van der Waals surface area (Å²) < 4.78 is 11.8. The largest absolute Gasteiger partial charge is 0.379 e. The first-order valence-electron chi connectivity index (χ1n) is 11.3. The molecule has 1 aliphatic heterocycles. The summed E-state index contributed by atoms with van der Waals surface area (Å²) in [5.74, 6) is 0.191. The third-order valence-corrected chi connectivity index (χ3v) is 7.98. The Morgan fingerprint density at radius 1 is 1.11 bits per heavy atom. The smallest absolute Gasteiger partial charge is 0.266 e. The zero-order chi connectivity index (χ0) is 24.5. The Morgan fingerprint density at radius 2 is 1.86 bits per heavy atom. The number of halogens is 3. The molecule has 0 atom stereocenters. The van der Waals surface area contributed by atoms with E-state index < -0.39 is 0 Å². The first-order valence-corrected chi connectivity index (χ1v) is 12.9. The Hall–Kier alpha value is -2.20. The molecule has 190 valence electrons. The molecule has 4 aromatic rings. The molecule has 7 nitrogen and oxygen atoms in total. The van der Waals surface area contributed by atoms with Crippen LogP contribution in [0.1, 0.15) is 21.7 Å². The van der Waals surface area contributed by atoms with Crippen molar-refractivity contribution >= 4 is 68.2 Å². The number of aryl methyl sites for hydroxylation is 2. The Labute approximate surface area is 229 Å². The molecule has 3 heterocycles. The predicted octanol–water partition coefficient (Wildman–Crippen LogP) is 6.28. The van der Waals surface area contributed by atoms with E-state index in [0.717, 1.165) is 28.9 Å². The summed E-state index contributed by atoms with van der Waals surface area (Å²) in [6.07, 6.45) is 0. The SMILES string of the molecule is Cc1onc(-c2ccccc2Cl)c1C(=O)N(CCN1CCOCC1)c1nc2c(C)ccc(Cl)c2s1.Cl. The third-order valence-electron chi connectivity index (χ3n) is 6.11. The first-order chi connectivity index (χ1) is 16.9. The minimum Gasteiger partial charge on any atom is -0.379 e. The number of thiazole rings is 1. The maximum atomic E-state index is 14.1. The molecule has 0 radical (unpaired) electrons. The summed E-state index contributed by atoms with van der Waals surface area (Å²) in [5, 5.41) is 5.89. The summed E-state index contributed by atoms with van der Waals surface area (Å²) in [4.78, 5) is 22.9. The van der Waals surface area contributed by atoms with Crippen LogP contribution in [0, 0.1) is 13.8 Å². The highest BCUT2D eigenvalue weighted by Crippen LogP contribution is 2.38. The van der Waals surface area contributed by atoms with E-state index in [-0.39, 0.29) is 18.3 Å². The highest BCUT2D eigenvalue weighted by molar-refractivity contribution is 7.23. The second-order valence-corrected chi connectivity index (χ2v) is 10.2. The number of fused-ring (bicyclic) bond motifs is 1. The molecule has 1 saturated heterocycles. The fourth-order valence-electron chi connectivity index (χ4n) is 4.15. The molecule has 0 saturated carbocycles. The topological polar surface area (TPSA) is 71.7 Å². The van der Waals surface area contributed by atoms with Gasteiger partial charge in [-0.25, -0.2) is 4.98 Å². The van der Waals surface area contributed by atoms with E-state index in [1.807, 2.05) is 37.3 Å². The average molecular weight is 568 g/mol. The Balaban J connectivity index is 0.00000304. The molecule has 0 unspecified atom stereocenters. The van der Waals surface area contributed by atoms with Gasteiger partial charge in [0.2, 0.25) is 0 Å². The number of carbonyl (C=O) groups is 1. The number of hydrogen-bond donors (Lipinski definition) is 0. The van der Waals surface area contributed by atoms with Crippen LogP contribution in [-0.2, 0) is 4.74 Å². The van der Waals surface area contributed by atoms with Gasteiger partial charge in [-0.05, 0) is 31.5 Å². The quantitative estimate of drug-likeness (QED) is 0.273. The number of amides is 1. The van der Waals surface area contributed by atoms with Crippen LogP contribution in [0.5, 0.6) is 0 Å². The van der Waals surface area contributed by atoms with E-state index in [2.05, 4.69) is 10.1 Å². The van der Waals surface area contributed by atoms with E-state index in [9.17, 15) is 4.79 Å². The minimum atomic E-state index is -0.236. The van der Waals surface area contributed by atoms with Crippen molar-refractivity contribution in [2.24, 2.45) is 0 Å². The van der Waals surface area contributed by atoms with E-state index in [4.69, 9.17) is 37.4 Å². The number of aromatic nitrogens is 2. The van der Waals surface area contributed by atoms with Gasteiger partial charge in [0.1, 0.15) is 17.0 Å². The van der Waals surface area contributed by atoms with Crippen LogP contribution < -0.4 is 4.90 Å². The number of hydrogen-bond acceptors (Lipinski definition) is 7. The van der Waals surface area contributed by atoms with Gasteiger partial charge in [0.05, 0.1) is 33.5 Å². The molecule has 0 aliphatic carbocycles. The molecular weight excluding hydrogens is 543 g/mol. The normalized spacial score (nSPS) is 14.1. The molecule has 0 bridgehead atoms. The first kappa shape index (κ1) is 26.9. The maximum Gasteiger partial charge on any atom is 0.266 e. The molecule has 2 aromatic heterocycles. The predicted molar refractivity (Wildman–Crippen MR) is 147 cm³/mol. The number of anilines is 1. The minimum absolute atomic E-state index is 0. The zero-order valence-corrected chi connectivity index (χ0v) is 22.9. The molecule has 11 heteroatoms. The maximum absolute atomic E-state index is 14.1. The Kier molecular flexibility index (Phi) is 8.55. The molecule has 1 amide bonds. The average Bonchev–Trinajstić information content (AvgIpc) is 3.47. The van der Waals surface area contributed by atoms with Crippen molar-refractivity contribution < 1.29 is 14.1 Å². The van der Waals surface area contributed by atoms with Gasteiger partial charge in [-0.3, -0.25) is 14.6 Å². The van der Waals surface area contributed by atoms with Gasteiger partial charge in [-0.1, -0.05) is 64.0 Å². The summed E-state index contributed by atoms with van der Waals surface area (Å²) >= 11 is 14.3. The monoisotopic (exact) mass is 566 g/mol. The molecule has 1 fully saturated rings. The summed E-state index contributed by atoms with van der Waals surface area (Å²) in [5.41, 5.74) is 3.25. The van der Waals surface area contributed by atoms with Crippen LogP contribution in [0.15, 0.2) is 40.9 Å². The number of rotatable bonds is 6. The van der Waals surface area contributed by atoms with Gasteiger partial charge >= 0.3 is 0 Å². The molecule has 2 aromatic carbocycles. The second-order valence-electron chi connectivity index (χ2n) is 8.39. The summed E-state index contributed by atoms with van der Waals surface area (Å²) in [6.45, 7) is 7.87. The zero-order valence-electron chi connectivity index (χ0n) is 19.8. The number of morpholine rings is 1. The van der Waals surface area contributed by atoms with Crippen molar-refractivity contribution in [3.63, 3.8) is 0 Å². The van der Waals surface area contributed by atoms with Gasteiger partial charge < -0.3 is 9.26 Å². The fraction of sp³-hybridized carbons (Fsp3) is 0.320. The van der Waals surface area contributed by atoms with Gasteiger partial charge in [-0.15, -0.1) is 12.4 Å². The van der Waals surface area contributed by atoms with Crippen molar-refractivity contribution in [3.8, 4) is 11.3 Å². The molecule has 0 spiro atoms. The lowest BCUT2D eigenvalue weighted by Crippen LogP contribution is -2.43. The van der Waals surface area contributed by atoms with Crippen LogP contribution in [0.2, 0.25) is 10.0 Å². The standard InChI is InChI=1S/C25H24Cl2N4O3S.ClH/c1-15-7-8-19(27)23-21(15)28-25(35-23)31(10-9-30-11-13-33-14-12-30)24(32)20-16(2)34-29-22(20)17-5-3-4-6-18(17)26;/h3-8H,9-14H2,1-2H3;1H. The van der Waals surface area contributed by atoms with Crippen molar-refractivity contribution in [1.29, 1.82) is 0 Å². The highest BCUT2D eigenvalue weighted by Gasteiger charge is 2.30.